The summed E-state index contributed by atoms with van der Waals surface area (Å²) >= 11 is 0. The van der Waals surface area contributed by atoms with Gasteiger partial charge in [0.1, 0.15) is 12.0 Å². The smallest absolute Gasteiger partial charge is 0.370 e. The number of hydrogen-bond donors (Lipinski definition) is 0. The van der Waals surface area contributed by atoms with Crippen molar-refractivity contribution < 1.29 is 25.4 Å². The quantitative estimate of drug-likeness (QED) is 0.518. The summed E-state index contributed by atoms with van der Waals surface area (Å²) in [6, 6.07) is 15.1. The van der Waals surface area contributed by atoms with Gasteiger partial charge in [0.05, 0.1) is 16.6 Å². The molecule has 2 aliphatic heterocycles. The van der Waals surface area contributed by atoms with E-state index in [4.69, 9.17) is 4.18 Å². The van der Waals surface area contributed by atoms with Crippen molar-refractivity contribution in [1.29, 1.82) is 0 Å². The Morgan fingerprint density at radius 2 is 1.73 bits per heavy atom. The molecule has 0 saturated heterocycles. The van der Waals surface area contributed by atoms with Gasteiger partial charge >= 0.3 is 10.3 Å². The van der Waals surface area contributed by atoms with Crippen LogP contribution in [0.4, 0.5) is 10.1 Å². The molecule has 5 rings (SSSR count). The second-order valence-corrected chi connectivity index (χ2v) is 11.0. The van der Waals surface area contributed by atoms with Gasteiger partial charge in [0, 0.05) is 11.1 Å². The molecule has 170 valence electrons. The van der Waals surface area contributed by atoms with Crippen LogP contribution in [0, 0.1) is 12.7 Å². The standard InChI is InChI=1S/C23H19FN2O5S2/c1-3-20-19-14-16(24)10-13-21(19)25(32(27,28)17-11-8-15(2)9-12-17)23-18-6-4-5-7-22(18)31-33(29,30)26(20)23/h3-14,20,23H,1H2,2H3/t20-,23-/m1/s1. The zero-order chi connectivity index (χ0) is 23.5. The van der Waals surface area contributed by atoms with Gasteiger partial charge in [-0.15, -0.1) is 10.9 Å². The summed E-state index contributed by atoms with van der Waals surface area (Å²) in [5.41, 5.74) is 1.51. The average molecular weight is 487 g/mol. The highest BCUT2D eigenvalue weighted by atomic mass is 32.2. The highest BCUT2D eigenvalue weighted by molar-refractivity contribution is 7.93. The van der Waals surface area contributed by atoms with E-state index >= 15 is 0 Å². The van der Waals surface area contributed by atoms with E-state index in [2.05, 4.69) is 6.58 Å². The van der Waals surface area contributed by atoms with Crippen molar-refractivity contribution in [3.05, 3.63) is 102 Å². The van der Waals surface area contributed by atoms with E-state index in [1.54, 1.807) is 30.3 Å². The third-order valence-electron chi connectivity index (χ3n) is 5.73. The summed E-state index contributed by atoms with van der Waals surface area (Å²) in [6.07, 6.45) is 0.0304. The number of benzene rings is 3. The number of nitrogens with zero attached hydrogens (tertiary/aromatic N) is 2. The summed E-state index contributed by atoms with van der Waals surface area (Å²) in [6.45, 7) is 5.55. The summed E-state index contributed by atoms with van der Waals surface area (Å²) < 4.78 is 75.9. The first-order valence-corrected chi connectivity index (χ1v) is 12.8. The lowest BCUT2D eigenvalue weighted by Gasteiger charge is -2.48. The molecular weight excluding hydrogens is 467 g/mol. The monoisotopic (exact) mass is 486 g/mol. The van der Waals surface area contributed by atoms with Crippen LogP contribution in [-0.2, 0) is 20.3 Å². The van der Waals surface area contributed by atoms with Crippen LogP contribution in [0.15, 0.2) is 84.3 Å². The SMILES string of the molecule is C=C[C@@H]1c2cc(F)ccc2N(S(=O)(=O)c2ccc(C)cc2)[C@H]2c3ccccc3OS(=O)(=O)N12. The van der Waals surface area contributed by atoms with Crippen molar-refractivity contribution in [2.45, 2.75) is 24.0 Å². The predicted molar refractivity (Wildman–Crippen MR) is 121 cm³/mol. The van der Waals surface area contributed by atoms with Gasteiger partial charge in [-0.05, 0) is 43.3 Å². The lowest BCUT2D eigenvalue weighted by molar-refractivity contribution is 0.232. The molecule has 0 bridgehead atoms. The van der Waals surface area contributed by atoms with Crippen molar-refractivity contribution in [1.82, 2.24) is 4.31 Å². The van der Waals surface area contributed by atoms with Crippen molar-refractivity contribution in [3.63, 3.8) is 0 Å². The van der Waals surface area contributed by atoms with Crippen molar-refractivity contribution in [3.8, 4) is 5.75 Å². The minimum atomic E-state index is -4.46. The zero-order valence-corrected chi connectivity index (χ0v) is 19.1. The van der Waals surface area contributed by atoms with Crippen molar-refractivity contribution in [2.75, 3.05) is 4.31 Å². The van der Waals surface area contributed by atoms with Gasteiger partial charge in [0.2, 0.25) is 0 Å². The molecule has 0 aromatic heterocycles. The molecule has 0 saturated carbocycles. The summed E-state index contributed by atoms with van der Waals surface area (Å²) in [7, 11) is -8.75. The number of para-hydroxylation sites is 1. The molecule has 2 atom stereocenters. The highest BCUT2D eigenvalue weighted by Gasteiger charge is 2.53. The Labute approximate surface area is 191 Å². The Morgan fingerprint density at radius 1 is 1.03 bits per heavy atom. The van der Waals surface area contributed by atoms with Gasteiger partial charge in [0.15, 0.2) is 5.75 Å². The minimum Gasteiger partial charge on any atom is -0.370 e. The van der Waals surface area contributed by atoms with Crippen LogP contribution in [0.2, 0.25) is 0 Å². The number of anilines is 1. The van der Waals surface area contributed by atoms with E-state index in [-0.39, 0.29) is 21.9 Å². The number of aryl methyl sites for hydroxylation is 1. The van der Waals surface area contributed by atoms with E-state index in [9.17, 15) is 21.2 Å². The molecular formula is C23H19FN2O5S2. The van der Waals surface area contributed by atoms with Crippen molar-refractivity contribution in [2.24, 2.45) is 0 Å². The first-order valence-electron chi connectivity index (χ1n) is 10.00. The summed E-state index contributed by atoms with van der Waals surface area (Å²) in [5, 5.41) is 0. The molecule has 10 heteroatoms. The zero-order valence-electron chi connectivity index (χ0n) is 17.4. The molecule has 0 aliphatic carbocycles. The van der Waals surface area contributed by atoms with E-state index < -0.39 is 38.4 Å². The first-order chi connectivity index (χ1) is 15.6. The normalized spacial score (nSPS) is 21.3. The molecule has 3 aromatic rings. The van der Waals surface area contributed by atoms with Crippen LogP contribution in [0.1, 0.15) is 28.9 Å². The van der Waals surface area contributed by atoms with E-state index in [1.165, 1.54) is 30.3 Å². The van der Waals surface area contributed by atoms with Crippen LogP contribution in [0.5, 0.6) is 5.75 Å². The Kier molecular flexibility index (Phi) is 4.85. The fourth-order valence-electron chi connectivity index (χ4n) is 4.25. The topological polar surface area (TPSA) is 84.0 Å². The van der Waals surface area contributed by atoms with E-state index in [0.29, 0.717) is 5.56 Å². The van der Waals surface area contributed by atoms with Crippen molar-refractivity contribution >= 4 is 26.0 Å². The molecule has 0 N–H and O–H groups in total. The minimum absolute atomic E-state index is 0.0243. The second-order valence-electron chi connectivity index (χ2n) is 7.78. The van der Waals surface area contributed by atoms with Gasteiger partial charge in [-0.25, -0.2) is 17.1 Å². The Bertz CT molecular complexity index is 1490. The Hall–Kier alpha value is -3.21. The third kappa shape index (κ3) is 3.25. The maximum Gasteiger partial charge on any atom is 0.388 e. The molecule has 0 unspecified atom stereocenters. The van der Waals surface area contributed by atoms with E-state index in [1.807, 2.05) is 6.92 Å². The van der Waals surface area contributed by atoms with Gasteiger partial charge in [-0.2, -0.15) is 8.42 Å². The average Bonchev–Trinajstić information content (AvgIpc) is 2.77. The Morgan fingerprint density at radius 3 is 2.42 bits per heavy atom. The molecule has 33 heavy (non-hydrogen) atoms. The maximum absolute atomic E-state index is 14.2. The molecule has 3 aromatic carbocycles. The lowest BCUT2D eigenvalue weighted by Crippen LogP contribution is -2.55. The third-order valence-corrected chi connectivity index (χ3v) is 8.85. The maximum atomic E-state index is 14.2. The Balaban J connectivity index is 1.87. The van der Waals surface area contributed by atoms with Crippen LogP contribution in [-0.4, -0.2) is 21.1 Å². The highest BCUT2D eigenvalue weighted by Crippen LogP contribution is 2.53. The number of fused-ring (bicyclic) bond motifs is 4. The largest absolute Gasteiger partial charge is 0.388 e. The van der Waals surface area contributed by atoms with Crippen LogP contribution < -0.4 is 8.49 Å². The van der Waals surface area contributed by atoms with Crippen LogP contribution in [0.25, 0.3) is 0 Å². The molecule has 0 amide bonds. The second kappa shape index (κ2) is 7.41. The molecule has 0 fully saturated rings. The lowest BCUT2D eigenvalue weighted by atomic mass is 9.98. The summed E-state index contributed by atoms with van der Waals surface area (Å²) in [4.78, 5) is -0.0262. The van der Waals surface area contributed by atoms with Gasteiger partial charge in [0.25, 0.3) is 10.0 Å². The molecule has 0 radical (unpaired) electrons. The first kappa shape index (κ1) is 21.6. The number of halogens is 1. The number of hydrogen-bond acceptors (Lipinski definition) is 5. The molecule has 2 aliphatic rings. The van der Waals surface area contributed by atoms with Gasteiger partial charge < -0.3 is 4.18 Å². The fraction of sp³-hybridized carbons (Fsp3) is 0.130. The van der Waals surface area contributed by atoms with E-state index in [0.717, 1.165) is 26.3 Å². The van der Waals surface area contributed by atoms with Crippen LogP contribution >= 0.6 is 0 Å². The summed E-state index contributed by atoms with van der Waals surface area (Å²) in [5.74, 6) is -0.612. The molecule has 2 heterocycles. The van der Waals surface area contributed by atoms with Gasteiger partial charge in [-0.3, -0.25) is 0 Å². The molecule has 7 nitrogen and oxygen atoms in total. The number of rotatable bonds is 3. The number of sulfonamides is 1. The fourth-order valence-corrected chi connectivity index (χ4v) is 7.32. The molecule has 0 spiro atoms. The van der Waals surface area contributed by atoms with Crippen LogP contribution in [0.3, 0.4) is 0 Å². The van der Waals surface area contributed by atoms with Gasteiger partial charge in [-0.1, -0.05) is 42.0 Å². The predicted octanol–water partition coefficient (Wildman–Crippen LogP) is 4.21.